The molecule has 2 saturated heterocycles. The molecule has 2 aliphatic heterocycles. The third kappa shape index (κ3) is 3.66. The zero-order valence-electron chi connectivity index (χ0n) is 15.5. The molecule has 0 unspecified atom stereocenters. The van der Waals surface area contributed by atoms with Gasteiger partial charge in [-0.1, -0.05) is 6.07 Å². The normalized spacial score (nSPS) is 19.5. The predicted molar refractivity (Wildman–Crippen MR) is 105 cm³/mol. The number of carbonyl (C=O) groups is 2. The first kappa shape index (κ1) is 18.7. The van der Waals surface area contributed by atoms with Crippen molar-refractivity contribution < 1.29 is 14.3 Å². The van der Waals surface area contributed by atoms with Crippen molar-refractivity contribution >= 4 is 23.2 Å². The number of hydrogen-bond donors (Lipinski definition) is 0. The number of rotatable bonds is 3. The molecule has 0 bridgehead atoms. The molecule has 0 N–H and O–H groups in total. The average Bonchev–Trinajstić information content (AvgIpc) is 3.43. The van der Waals surface area contributed by atoms with Gasteiger partial charge in [0.05, 0.1) is 35.8 Å². The molecule has 1 aromatic carbocycles. The molecule has 144 valence electrons. The number of ether oxygens (including phenoxy) is 1. The van der Waals surface area contributed by atoms with Crippen LogP contribution >= 0.6 is 11.3 Å². The summed E-state index contributed by atoms with van der Waals surface area (Å²) >= 11 is 1.48. The van der Waals surface area contributed by atoms with Crippen LogP contribution in [0.2, 0.25) is 0 Å². The summed E-state index contributed by atoms with van der Waals surface area (Å²) in [6, 6.07) is 12.7. The third-order valence-corrected chi connectivity index (χ3v) is 6.39. The maximum Gasteiger partial charge on any atom is 0.264 e. The van der Waals surface area contributed by atoms with Crippen molar-refractivity contribution in [2.75, 3.05) is 32.8 Å². The number of carbonyl (C=O) groups excluding carboxylic acids is 2. The van der Waals surface area contributed by atoms with Crippen LogP contribution in [0.1, 0.15) is 49.4 Å². The fraction of sp³-hybridized carbons (Fsp3) is 0.381. The highest BCUT2D eigenvalue weighted by Gasteiger charge is 2.32. The van der Waals surface area contributed by atoms with Crippen molar-refractivity contribution in [1.29, 1.82) is 5.26 Å². The van der Waals surface area contributed by atoms with E-state index >= 15 is 0 Å². The number of thiophene rings is 1. The summed E-state index contributed by atoms with van der Waals surface area (Å²) in [5.41, 5.74) is 1.02. The smallest absolute Gasteiger partial charge is 0.264 e. The van der Waals surface area contributed by atoms with Crippen LogP contribution in [0.5, 0.6) is 0 Å². The van der Waals surface area contributed by atoms with Crippen molar-refractivity contribution in [2.24, 2.45) is 0 Å². The minimum absolute atomic E-state index is 0.0190. The van der Waals surface area contributed by atoms with Gasteiger partial charge in [-0.25, -0.2) is 0 Å². The predicted octanol–water partition coefficient (Wildman–Crippen LogP) is 3.07. The summed E-state index contributed by atoms with van der Waals surface area (Å²) in [7, 11) is 0. The Morgan fingerprint density at radius 2 is 1.93 bits per heavy atom. The second kappa shape index (κ2) is 8.13. The van der Waals surface area contributed by atoms with E-state index in [0.717, 1.165) is 17.7 Å². The Labute approximate surface area is 167 Å². The Balaban J connectivity index is 1.52. The molecule has 0 spiro atoms. The summed E-state index contributed by atoms with van der Waals surface area (Å²) in [5.74, 6) is -0.0220. The first-order valence-electron chi connectivity index (χ1n) is 9.45. The van der Waals surface area contributed by atoms with Crippen LogP contribution in [-0.2, 0) is 4.74 Å². The van der Waals surface area contributed by atoms with Gasteiger partial charge in [0.1, 0.15) is 0 Å². The van der Waals surface area contributed by atoms with E-state index in [2.05, 4.69) is 6.07 Å². The van der Waals surface area contributed by atoms with Crippen LogP contribution in [0.4, 0.5) is 0 Å². The zero-order valence-corrected chi connectivity index (χ0v) is 16.3. The number of benzene rings is 1. The minimum atomic E-state index is -0.0611. The summed E-state index contributed by atoms with van der Waals surface area (Å²) in [6.45, 7) is 3.09. The van der Waals surface area contributed by atoms with Crippen LogP contribution in [0, 0.1) is 11.3 Å². The lowest BCUT2D eigenvalue weighted by Gasteiger charge is -2.26. The molecular weight excluding hydrogens is 374 g/mol. The molecule has 2 amide bonds. The van der Waals surface area contributed by atoms with Gasteiger partial charge in [-0.3, -0.25) is 9.59 Å². The Morgan fingerprint density at radius 3 is 2.71 bits per heavy atom. The molecule has 1 atom stereocenters. The molecule has 6 nitrogen and oxygen atoms in total. The van der Waals surface area contributed by atoms with E-state index in [1.54, 1.807) is 24.3 Å². The van der Waals surface area contributed by atoms with E-state index in [-0.39, 0.29) is 17.9 Å². The molecule has 3 heterocycles. The number of nitrogens with zero attached hydrogens (tertiary/aromatic N) is 3. The summed E-state index contributed by atoms with van der Waals surface area (Å²) in [5, 5.41) is 9.08. The summed E-state index contributed by atoms with van der Waals surface area (Å²) in [4.78, 5) is 31.2. The van der Waals surface area contributed by atoms with Crippen LogP contribution < -0.4 is 0 Å². The van der Waals surface area contributed by atoms with E-state index < -0.39 is 0 Å². The highest BCUT2D eigenvalue weighted by Crippen LogP contribution is 2.37. The van der Waals surface area contributed by atoms with Crippen LogP contribution in [0.3, 0.4) is 0 Å². The molecule has 28 heavy (non-hydrogen) atoms. The Hall–Kier alpha value is -2.69. The first-order chi connectivity index (χ1) is 13.7. The lowest BCUT2D eigenvalue weighted by Crippen LogP contribution is -2.40. The second-order valence-corrected chi connectivity index (χ2v) is 8.07. The summed E-state index contributed by atoms with van der Waals surface area (Å²) in [6.07, 6.45) is 1.81. The van der Waals surface area contributed by atoms with E-state index in [9.17, 15) is 9.59 Å². The highest BCUT2D eigenvalue weighted by molar-refractivity contribution is 7.14. The van der Waals surface area contributed by atoms with Gasteiger partial charge in [0.15, 0.2) is 0 Å². The number of morpholine rings is 1. The number of nitriles is 1. The van der Waals surface area contributed by atoms with Crippen molar-refractivity contribution in [3.63, 3.8) is 0 Å². The van der Waals surface area contributed by atoms with Gasteiger partial charge < -0.3 is 14.5 Å². The molecule has 2 aromatic rings. The molecule has 2 fully saturated rings. The van der Waals surface area contributed by atoms with Crippen LogP contribution in [0.25, 0.3) is 0 Å². The van der Waals surface area contributed by atoms with Crippen molar-refractivity contribution in [3.05, 3.63) is 57.3 Å². The lowest BCUT2D eigenvalue weighted by atomic mass is 10.1. The Morgan fingerprint density at radius 1 is 1.11 bits per heavy atom. The molecule has 0 saturated carbocycles. The SMILES string of the molecule is N#Cc1cccc(C(=O)N2CCC[C@@H]2c2ccc(C(=O)N3CCOCC3)s2)c1. The van der Waals surface area contributed by atoms with Gasteiger partial charge >= 0.3 is 0 Å². The third-order valence-electron chi connectivity index (χ3n) is 5.22. The minimum Gasteiger partial charge on any atom is -0.378 e. The largest absolute Gasteiger partial charge is 0.378 e. The van der Waals surface area contributed by atoms with E-state index in [1.165, 1.54) is 11.3 Å². The maximum atomic E-state index is 13.0. The maximum absolute atomic E-state index is 13.0. The molecule has 0 radical (unpaired) electrons. The molecule has 2 aliphatic rings. The number of amides is 2. The fourth-order valence-electron chi connectivity index (χ4n) is 3.76. The van der Waals surface area contributed by atoms with E-state index in [4.69, 9.17) is 10.00 Å². The number of likely N-dealkylation sites (tertiary alicyclic amines) is 1. The average molecular weight is 395 g/mol. The van der Waals surface area contributed by atoms with Crippen LogP contribution in [-0.4, -0.2) is 54.5 Å². The highest BCUT2D eigenvalue weighted by atomic mass is 32.1. The standard InChI is InChI=1S/C21H21N3O3S/c22-14-15-3-1-4-16(13-15)20(25)24-8-2-5-17(24)18-6-7-19(28-18)21(26)23-9-11-27-12-10-23/h1,3-4,6-7,13,17H,2,5,8-12H2/t17-/m1/s1. The second-order valence-electron chi connectivity index (χ2n) is 6.96. The van der Waals surface area contributed by atoms with Gasteiger partial charge in [-0.05, 0) is 43.2 Å². The van der Waals surface area contributed by atoms with Gasteiger partial charge in [0, 0.05) is 30.1 Å². The topological polar surface area (TPSA) is 73.6 Å². The summed E-state index contributed by atoms with van der Waals surface area (Å²) < 4.78 is 5.32. The number of hydrogen-bond acceptors (Lipinski definition) is 5. The Kier molecular flexibility index (Phi) is 5.42. The van der Waals surface area contributed by atoms with Crippen molar-refractivity contribution in [1.82, 2.24) is 9.80 Å². The lowest BCUT2D eigenvalue weighted by molar-refractivity contribution is 0.0306. The van der Waals surface area contributed by atoms with Gasteiger partial charge in [-0.2, -0.15) is 5.26 Å². The van der Waals surface area contributed by atoms with E-state index in [0.29, 0.717) is 48.9 Å². The van der Waals surface area contributed by atoms with Gasteiger partial charge in [-0.15, -0.1) is 11.3 Å². The zero-order chi connectivity index (χ0) is 19.5. The van der Waals surface area contributed by atoms with Gasteiger partial charge in [0.25, 0.3) is 11.8 Å². The van der Waals surface area contributed by atoms with Gasteiger partial charge in [0.2, 0.25) is 0 Å². The fourth-order valence-corrected chi connectivity index (χ4v) is 4.89. The molecular formula is C21H21N3O3S. The van der Waals surface area contributed by atoms with E-state index in [1.807, 2.05) is 21.9 Å². The molecule has 0 aliphatic carbocycles. The monoisotopic (exact) mass is 395 g/mol. The van der Waals surface area contributed by atoms with Crippen molar-refractivity contribution in [2.45, 2.75) is 18.9 Å². The quantitative estimate of drug-likeness (QED) is 0.801. The molecule has 4 rings (SSSR count). The molecule has 1 aromatic heterocycles. The van der Waals surface area contributed by atoms with Crippen molar-refractivity contribution in [3.8, 4) is 6.07 Å². The molecule has 7 heteroatoms. The Bertz CT molecular complexity index is 927. The van der Waals surface area contributed by atoms with Crippen LogP contribution in [0.15, 0.2) is 36.4 Å². The first-order valence-corrected chi connectivity index (χ1v) is 10.3.